The van der Waals surface area contributed by atoms with Crippen LogP contribution in [-0.4, -0.2) is 36.6 Å². The van der Waals surface area contributed by atoms with Gasteiger partial charge in [0.1, 0.15) is 0 Å². The highest BCUT2D eigenvalue weighted by atomic mass is 16.7. The summed E-state index contributed by atoms with van der Waals surface area (Å²) in [5.41, 5.74) is 5.03. The van der Waals surface area contributed by atoms with Crippen LogP contribution in [0.15, 0.2) is 0 Å². The number of hydrogen-bond donors (Lipinski definition) is 2. The average molecular weight is 386 g/mol. The topological polar surface area (TPSA) is 125 Å². The van der Waals surface area contributed by atoms with Crippen molar-refractivity contribution in [3.8, 4) is 0 Å². The summed E-state index contributed by atoms with van der Waals surface area (Å²) in [7, 11) is 0. The summed E-state index contributed by atoms with van der Waals surface area (Å²) in [6.07, 6.45) is 3.21. The molecule has 0 aromatic heterocycles. The highest BCUT2D eigenvalue weighted by Crippen LogP contribution is 2.15. The molecule has 1 atom stereocenters. The minimum Gasteiger partial charge on any atom is -0.428 e. The van der Waals surface area contributed by atoms with Crippen molar-refractivity contribution in [3.05, 3.63) is 0 Å². The van der Waals surface area contributed by atoms with E-state index >= 15 is 0 Å². The highest BCUT2D eigenvalue weighted by Gasteiger charge is 2.23. The minimum atomic E-state index is -0.692. The van der Waals surface area contributed by atoms with Gasteiger partial charge in [-0.05, 0) is 39.5 Å². The fourth-order valence-electron chi connectivity index (χ4n) is 1.93. The molecule has 27 heavy (non-hydrogen) atoms. The van der Waals surface area contributed by atoms with E-state index in [9.17, 15) is 19.2 Å². The molecule has 0 rings (SSSR count). The fourth-order valence-corrected chi connectivity index (χ4v) is 1.93. The lowest BCUT2D eigenvalue weighted by atomic mass is 9.98. The molecule has 0 saturated heterocycles. The van der Waals surface area contributed by atoms with E-state index in [0.717, 1.165) is 12.8 Å². The quantitative estimate of drug-likeness (QED) is 0.316. The van der Waals surface area contributed by atoms with Crippen LogP contribution in [-0.2, 0) is 28.7 Å². The van der Waals surface area contributed by atoms with E-state index in [1.54, 1.807) is 20.8 Å². The molecule has 0 spiro atoms. The second-order valence-electron chi connectivity index (χ2n) is 7.91. The van der Waals surface area contributed by atoms with E-state index in [2.05, 4.69) is 5.32 Å². The molecule has 0 fully saturated rings. The average Bonchev–Trinajstić information content (AvgIpc) is 2.55. The predicted octanol–water partition coefficient (Wildman–Crippen LogP) is 2.04. The first-order chi connectivity index (χ1) is 12.4. The maximum atomic E-state index is 11.7. The number of unbranched alkanes of at least 4 members (excludes halogenated alkanes) is 3. The molecule has 0 aliphatic rings. The third kappa shape index (κ3) is 12.1. The second-order valence-corrected chi connectivity index (χ2v) is 7.91. The van der Waals surface area contributed by atoms with Gasteiger partial charge in [0, 0.05) is 12.8 Å². The Morgan fingerprint density at radius 3 is 2.00 bits per heavy atom. The summed E-state index contributed by atoms with van der Waals surface area (Å²) < 4.78 is 9.69. The number of nitrogens with two attached hydrogens (primary N) is 1. The van der Waals surface area contributed by atoms with Gasteiger partial charge < -0.3 is 15.2 Å². The van der Waals surface area contributed by atoms with Crippen LogP contribution in [0.2, 0.25) is 0 Å². The van der Waals surface area contributed by atoms with Crippen molar-refractivity contribution in [1.29, 1.82) is 0 Å². The van der Waals surface area contributed by atoms with Gasteiger partial charge in [-0.3, -0.25) is 24.5 Å². The molecular weight excluding hydrogens is 352 g/mol. The van der Waals surface area contributed by atoms with Crippen LogP contribution in [0, 0.1) is 11.3 Å². The van der Waals surface area contributed by atoms with Crippen LogP contribution in [0.25, 0.3) is 0 Å². The second kappa shape index (κ2) is 12.4. The van der Waals surface area contributed by atoms with Gasteiger partial charge in [-0.15, -0.1) is 0 Å². The van der Waals surface area contributed by atoms with E-state index in [1.165, 1.54) is 0 Å². The van der Waals surface area contributed by atoms with Crippen LogP contribution >= 0.6 is 0 Å². The molecule has 0 heterocycles. The Hall–Kier alpha value is -1.96. The molecule has 0 saturated carbocycles. The predicted molar refractivity (Wildman–Crippen MR) is 100 cm³/mol. The molecule has 0 aromatic rings. The molecule has 2 amide bonds. The molecule has 0 aromatic carbocycles. The van der Waals surface area contributed by atoms with Gasteiger partial charge in [-0.2, -0.15) is 0 Å². The number of rotatable bonds is 11. The molecule has 8 nitrogen and oxygen atoms in total. The Kier molecular flexibility index (Phi) is 11.5. The van der Waals surface area contributed by atoms with Gasteiger partial charge >= 0.3 is 11.9 Å². The third-order valence-electron chi connectivity index (χ3n) is 3.84. The lowest BCUT2D eigenvalue weighted by molar-refractivity contribution is -0.173. The molecule has 0 unspecified atom stereocenters. The first kappa shape index (κ1) is 25.0. The van der Waals surface area contributed by atoms with Crippen LogP contribution in [0.4, 0.5) is 0 Å². The SMILES string of the molecule is CC(C)[C@H](N)C(=O)NC(=O)CCCCCCC(=O)OCOC(=O)C(C)(C)C. The zero-order chi connectivity index (χ0) is 21.0. The van der Waals surface area contributed by atoms with Crippen molar-refractivity contribution in [2.45, 2.75) is 79.2 Å². The number of carbonyl (C=O) groups excluding carboxylic acids is 4. The Bertz CT molecular complexity index is 511. The zero-order valence-electron chi connectivity index (χ0n) is 17.1. The molecule has 0 aliphatic heterocycles. The van der Waals surface area contributed by atoms with Gasteiger partial charge in [0.25, 0.3) is 0 Å². The number of hydrogen-bond acceptors (Lipinski definition) is 7. The van der Waals surface area contributed by atoms with Gasteiger partial charge in [-0.1, -0.05) is 26.7 Å². The minimum absolute atomic E-state index is 0.0328. The Labute approximate surface area is 161 Å². The van der Waals surface area contributed by atoms with Crippen molar-refractivity contribution >= 4 is 23.8 Å². The van der Waals surface area contributed by atoms with Crippen LogP contribution in [0.1, 0.15) is 73.1 Å². The normalized spacial score (nSPS) is 12.4. The van der Waals surface area contributed by atoms with Gasteiger partial charge in [0.15, 0.2) is 0 Å². The lowest BCUT2D eigenvalue weighted by Crippen LogP contribution is -2.46. The molecular formula is C19H34N2O6. The monoisotopic (exact) mass is 386 g/mol. The van der Waals surface area contributed by atoms with Crippen LogP contribution < -0.4 is 11.1 Å². The number of nitrogens with one attached hydrogen (secondary N) is 1. The van der Waals surface area contributed by atoms with Crippen molar-refractivity contribution in [2.24, 2.45) is 17.1 Å². The van der Waals surface area contributed by atoms with Gasteiger partial charge in [0.2, 0.25) is 18.6 Å². The summed E-state index contributed by atoms with van der Waals surface area (Å²) in [6, 6.07) is -0.692. The lowest BCUT2D eigenvalue weighted by Gasteiger charge is -2.16. The number of amides is 2. The number of esters is 2. The number of carbonyl (C=O) groups is 4. The smallest absolute Gasteiger partial charge is 0.314 e. The molecule has 8 heteroatoms. The highest BCUT2D eigenvalue weighted by molar-refractivity contribution is 5.97. The third-order valence-corrected chi connectivity index (χ3v) is 3.84. The Balaban J connectivity index is 3.71. The van der Waals surface area contributed by atoms with Crippen LogP contribution in [0.3, 0.4) is 0 Å². The van der Waals surface area contributed by atoms with E-state index in [-0.39, 0.29) is 31.5 Å². The molecule has 0 radical (unpaired) electrons. The van der Waals surface area contributed by atoms with E-state index in [0.29, 0.717) is 12.8 Å². The van der Waals surface area contributed by atoms with Crippen LogP contribution in [0.5, 0.6) is 0 Å². The molecule has 0 aliphatic carbocycles. The maximum absolute atomic E-state index is 11.7. The van der Waals surface area contributed by atoms with Gasteiger partial charge in [0.05, 0.1) is 11.5 Å². The standard InChI is InChI=1S/C19H34N2O6/c1-13(2)16(20)17(24)21-14(22)10-8-6-7-9-11-15(23)26-12-27-18(25)19(3,4)5/h13,16H,6-12,20H2,1-5H3,(H,21,22,24)/t16-/m0/s1. The molecule has 0 bridgehead atoms. The van der Waals surface area contributed by atoms with E-state index in [4.69, 9.17) is 15.2 Å². The first-order valence-electron chi connectivity index (χ1n) is 9.37. The van der Waals surface area contributed by atoms with Crippen molar-refractivity contribution < 1.29 is 28.7 Å². The Morgan fingerprint density at radius 1 is 0.926 bits per heavy atom. The first-order valence-corrected chi connectivity index (χ1v) is 9.37. The van der Waals surface area contributed by atoms with E-state index in [1.807, 2.05) is 13.8 Å². The zero-order valence-corrected chi connectivity index (χ0v) is 17.1. The largest absolute Gasteiger partial charge is 0.428 e. The summed E-state index contributed by atoms with van der Waals surface area (Å²) in [5.74, 6) is -1.68. The van der Waals surface area contributed by atoms with Crippen molar-refractivity contribution in [2.75, 3.05) is 6.79 Å². The van der Waals surface area contributed by atoms with Crippen molar-refractivity contribution in [3.63, 3.8) is 0 Å². The molecule has 156 valence electrons. The summed E-state index contributed by atoms with van der Waals surface area (Å²) in [4.78, 5) is 46.3. The summed E-state index contributed by atoms with van der Waals surface area (Å²) >= 11 is 0. The van der Waals surface area contributed by atoms with Crippen molar-refractivity contribution in [1.82, 2.24) is 5.32 Å². The van der Waals surface area contributed by atoms with Gasteiger partial charge in [-0.25, -0.2) is 0 Å². The molecule has 3 N–H and O–H groups in total. The summed E-state index contributed by atoms with van der Waals surface area (Å²) in [6.45, 7) is 8.40. The Morgan fingerprint density at radius 2 is 1.48 bits per heavy atom. The number of ether oxygens (including phenoxy) is 2. The van der Waals surface area contributed by atoms with E-state index < -0.39 is 29.3 Å². The maximum Gasteiger partial charge on any atom is 0.314 e. The number of imide groups is 1. The fraction of sp³-hybridized carbons (Fsp3) is 0.789. The summed E-state index contributed by atoms with van der Waals surface area (Å²) in [5, 5.41) is 2.29.